The molecule has 1 aliphatic rings. The van der Waals surface area contributed by atoms with Gasteiger partial charge in [-0.1, -0.05) is 96.4 Å². The predicted molar refractivity (Wildman–Crippen MR) is 220 cm³/mol. The molecule has 1 heterocycles. The van der Waals surface area contributed by atoms with Crippen LogP contribution in [0.2, 0.25) is 0 Å². The van der Waals surface area contributed by atoms with Crippen molar-refractivity contribution in [2.75, 3.05) is 13.7 Å². The number of esters is 1. The third-order valence-electron chi connectivity index (χ3n) is 9.86. The molecule has 316 valence electrons. The number of amides is 5. The summed E-state index contributed by atoms with van der Waals surface area (Å²) >= 11 is 0. The number of nitrogens with zero attached hydrogens (tertiary/aromatic N) is 1. The van der Waals surface area contributed by atoms with Gasteiger partial charge in [0.1, 0.15) is 42.3 Å². The van der Waals surface area contributed by atoms with Crippen LogP contribution in [0.3, 0.4) is 0 Å². The van der Waals surface area contributed by atoms with Crippen LogP contribution in [-0.4, -0.2) is 94.5 Å². The highest BCUT2D eigenvalue weighted by molar-refractivity contribution is 5.95. The van der Waals surface area contributed by atoms with Crippen molar-refractivity contribution in [3.05, 3.63) is 84.0 Å². The largest absolute Gasteiger partial charge is 0.508 e. The quantitative estimate of drug-likeness (QED) is 0.0732. The molecule has 0 radical (unpaired) electrons. The van der Waals surface area contributed by atoms with E-state index < -0.39 is 72.3 Å². The minimum absolute atomic E-state index is 0.0344. The zero-order chi connectivity index (χ0) is 42.8. The Labute approximate surface area is 341 Å². The highest BCUT2D eigenvalue weighted by Crippen LogP contribution is 2.18. The average molecular weight is 804 g/mol. The Kier molecular flexibility index (Phi) is 19.0. The SMILES string of the molecule is CCCCCCC=CCC(=O)NC(Cc1ccc(O)cc1)C(=O)NC(C(=O)NC1C=CC(=O)NC(C(C)C)C(=O)N(C)C(Cc2ccc(O)cc2)C(=O)OC1)C(C)C. The van der Waals surface area contributed by atoms with Gasteiger partial charge in [-0.15, -0.1) is 0 Å². The molecule has 0 saturated heterocycles. The number of carbonyl (C=O) groups is 6. The van der Waals surface area contributed by atoms with E-state index in [1.165, 1.54) is 42.3 Å². The van der Waals surface area contributed by atoms with Gasteiger partial charge in [-0.2, -0.15) is 0 Å². The second-order valence-corrected chi connectivity index (χ2v) is 15.4. The second kappa shape index (κ2) is 23.5. The van der Waals surface area contributed by atoms with Crippen LogP contribution >= 0.6 is 0 Å². The topological polar surface area (TPSA) is 203 Å². The molecule has 0 saturated carbocycles. The van der Waals surface area contributed by atoms with Crippen molar-refractivity contribution in [1.29, 1.82) is 0 Å². The number of cyclic esters (lactones) is 1. The van der Waals surface area contributed by atoms with Crippen LogP contribution in [0, 0.1) is 11.8 Å². The zero-order valence-electron chi connectivity index (χ0n) is 34.5. The number of nitrogens with one attached hydrogen (secondary N) is 4. The van der Waals surface area contributed by atoms with Gasteiger partial charge in [0, 0.05) is 32.4 Å². The molecule has 2 aromatic carbocycles. The van der Waals surface area contributed by atoms with Crippen molar-refractivity contribution < 1.29 is 43.7 Å². The van der Waals surface area contributed by atoms with Gasteiger partial charge in [0.05, 0.1) is 6.04 Å². The number of unbranched alkanes of at least 4 members (excludes halogenated alkanes) is 4. The number of aromatic hydroxyl groups is 2. The van der Waals surface area contributed by atoms with Gasteiger partial charge in [0.2, 0.25) is 29.5 Å². The monoisotopic (exact) mass is 803 g/mol. The Morgan fingerprint density at radius 3 is 2.12 bits per heavy atom. The molecule has 1 aliphatic heterocycles. The lowest BCUT2D eigenvalue weighted by molar-refractivity contribution is -0.156. The van der Waals surface area contributed by atoms with E-state index in [1.54, 1.807) is 58.0 Å². The third kappa shape index (κ3) is 15.4. The number of likely N-dealkylation sites (N-methyl/N-ethyl adjacent to an activating group) is 1. The minimum atomic E-state index is -1.11. The van der Waals surface area contributed by atoms with E-state index in [0.717, 1.165) is 38.2 Å². The summed E-state index contributed by atoms with van der Waals surface area (Å²) in [5.41, 5.74) is 1.32. The molecule has 58 heavy (non-hydrogen) atoms. The van der Waals surface area contributed by atoms with Crippen molar-refractivity contribution in [3.63, 3.8) is 0 Å². The number of carbonyl (C=O) groups excluding carboxylic acids is 6. The van der Waals surface area contributed by atoms with E-state index in [4.69, 9.17) is 4.74 Å². The minimum Gasteiger partial charge on any atom is -0.508 e. The Balaban J connectivity index is 1.82. The standard InChI is InChI=1S/C44H61N5O9/c1-7-8-9-10-11-12-13-14-37(52)46-35(25-30-15-20-33(50)21-16-30)41(54)48-39(28(2)3)42(55)45-32-19-24-38(53)47-40(29(4)5)43(56)49(6)36(44(57)58-27-32)26-31-17-22-34(51)23-18-31/h12-13,15-24,28-29,32,35-36,39-40,50-51H,7-11,14,25-27H2,1-6H3,(H,45,55)(H,46,52)(H,47,53)(H,48,54). The van der Waals surface area contributed by atoms with Gasteiger partial charge in [0.25, 0.3) is 0 Å². The molecule has 0 spiro atoms. The van der Waals surface area contributed by atoms with Gasteiger partial charge in [-0.25, -0.2) is 4.79 Å². The number of ether oxygens (including phenoxy) is 1. The van der Waals surface area contributed by atoms with Gasteiger partial charge in [-0.3, -0.25) is 24.0 Å². The molecular formula is C44H61N5O9. The number of allylic oxidation sites excluding steroid dienone is 1. The summed E-state index contributed by atoms with van der Waals surface area (Å²) in [5, 5.41) is 30.6. The molecule has 0 aliphatic carbocycles. The zero-order valence-corrected chi connectivity index (χ0v) is 34.5. The maximum absolute atomic E-state index is 13.9. The van der Waals surface area contributed by atoms with Crippen LogP contribution in [0.15, 0.2) is 72.8 Å². The normalized spacial score (nSPS) is 18.9. The average Bonchev–Trinajstić information content (AvgIpc) is 3.18. The van der Waals surface area contributed by atoms with Gasteiger partial charge < -0.3 is 41.1 Å². The van der Waals surface area contributed by atoms with Gasteiger partial charge in [0.15, 0.2) is 0 Å². The Morgan fingerprint density at radius 2 is 1.52 bits per heavy atom. The lowest BCUT2D eigenvalue weighted by Crippen LogP contribution is -2.57. The van der Waals surface area contributed by atoms with E-state index in [9.17, 15) is 39.0 Å². The summed E-state index contributed by atoms with van der Waals surface area (Å²) in [4.78, 5) is 82.4. The summed E-state index contributed by atoms with van der Waals surface area (Å²) in [5.74, 6) is -4.15. The summed E-state index contributed by atoms with van der Waals surface area (Å²) in [7, 11) is 1.46. The van der Waals surface area contributed by atoms with E-state index in [0.29, 0.717) is 11.1 Å². The number of benzene rings is 2. The Hall–Kier alpha value is -5.66. The third-order valence-corrected chi connectivity index (χ3v) is 9.86. The molecule has 5 amide bonds. The van der Waals surface area contributed by atoms with Crippen LogP contribution in [0.25, 0.3) is 0 Å². The van der Waals surface area contributed by atoms with Crippen LogP contribution in [0.1, 0.15) is 84.3 Å². The van der Waals surface area contributed by atoms with E-state index in [-0.39, 0.29) is 42.6 Å². The molecule has 0 fully saturated rings. The number of phenolic OH excluding ortho intramolecular Hbond substituents is 2. The Bertz CT molecular complexity index is 1740. The lowest BCUT2D eigenvalue weighted by Gasteiger charge is -2.32. The van der Waals surface area contributed by atoms with Crippen molar-refractivity contribution in [2.24, 2.45) is 11.8 Å². The lowest BCUT2D eigenvalue weighted by atomic mass is 9.99. The highest BCUT2D eigenvalue weighted by atomic mass is 16.5. The fourth-order valence-corrected chi connectivity index (χ4v) is 6.33. The molecule has 2 aromatic rings. The molecular weight excluding hydrogens is 743 g/mol. The highest BCUT2D eigenvalue weighted by Gasteiger charge is 2.36. The first-order valence-electron chi connectivity index (χ1n) is 20.1. The second-order valence-electron chi connectivity index (χ2n) is 15.4. The fraction of sp³-hybridized carbons (Fsp3) is 0.500. The van der Waals surface area contributed by atoms with E-state index in [2.05, 4.69) is 28.2 Å². The predicted octanol–water partition coefficient (Wildman–Crippen LogP) is 3.99. The summed E-state index contributed by atoms with van der Waals surface area (Å²) in [6.45, 7) is 8.74. The molecule has 0 aromatic heterocycles. The molecule has 14 nitrogen and oxygen atoms in total. The fourth-order valence-electron chi connectivity index (χ4n) is 6.33. The molecule has 0 bridgehead atoms. The van der Waals surface area contributed by atoms with E-state index >= 15 is 0 Å². The smallest absolute Gasteiger partial charge is 0.329 e. The maximum atomic E-state index is 13.9. The van der Waals surface area contributed by atoms with Gasteiger partial charge in [-0.05, 0) is 60.1 Å². The van der Waals surface area contributed by atoms with Crippen molar-refractivity contribution in [3.8, 4) is 11.5 Å². The van der Waals surface area contributed by atoms with Gasteiger partial charge >= 0.3 is 5.97 Å². The summed E-state index contributed by atoms with van der Waals surface area (Å²) in [6.07, 6.45) is 11.7. The van der Waals surface area contributed by atoms with Crippen LogP contribution in [0.5, 0.6) is 11.5 Å². The van der Waals surface area contributed by atoms with Crippen molar-refractivity contribution in [2.45, 2.75) is 116 Å². The molecule has 5 atom stereocenters. The molecule has 5 unspecified atom stereocenters. The summed E-state index contributed by atoms with van der Waals surface area (Å²) in [6, 6.07) is 7.15. The van der Waals surface area contributed by atoms with Crippen LogP contribution in [-0.2, 0) is 46.3 Å². The first-order valence-corrected chi connectivity index (χ1v) is 20.1. The molecule has 3 rings (SSSR count). The van der Waals surface area contributed by atoms with Crippen LogP contribution in [0.4, 0.5) is 0 Å². The number of hydrogen-bond donors (Lipinski definition) is 6. The molecule has 14 heteroatoms. The first kappa shape index (κ1) is 46.7. The number of rotatable bonds is 18. The van der Waals surface area contributed by atoms with Crippen molar-refractivity contribution in [1.82, 2.24) is 26.2 Å². The first-order chi connectivity index (χ1) is 27.6. The number of hydrogen-bond acceptors (Lipinski definition) is 9. The van der Waals surface area contributed by atoms with E-state index in [1.807, 2.05) is 6.08 Å². The van der Waals surface area contributed by atoms with Crippen LogP contribution < -0.4 is 21.3 Å². The summed E-state index contributed by atoms with van der Waals surface area (Å²) < 4.78 is 5.69. The number of phenols is 2. The molecule has 6 N–H and O–H groups in total. The Morgan fingerprint density at radius 1 is 0.879 bits per heavy atom. The van der Waals surface area contributed by atoms with Crippen molar-refractivity contribution >= 4 is 35.5 Å². The maximum Gasteiger partial charge on any atom is 0.329 e.